The maximum absolute atomic E-state index is 11.0. The lowest BCUT2D eigenvalue weighted by Crippen LogP contribution is -2.47. The topological polar surface area (TPSA) is 76.2 Å². The van der Waals surface area contributed by atoms with Crippen molar-refractivity contribution in [3.8, 4) is 0 Å². The normalized spacial score (nSPS) is 17.1. The van der Waals surface area contributed by atoms with Crippen molar-refractivity contribution in [1.82, 2.24) is 20.0 Å². The molecule has 0 radical (unpaired) electrons. The minimum Gasteiger partial charge on any atom is -0.351 e. The molecule has 1 fully saturated rings. The van der Waals surface area contributed by atoms with Crippen LogP contribution >= 0.6 is 0 Å². The molecule has 0 unspecified atom stereocenters. The summed E-state index contributed by atoms with van der Waals surface area (Å²) in [5.41, 5.74) is 6.43. The van der Waals surface area contributed by atoms with E-state index in [0.29, 0.717) is 6.04 Å². The van der Waals surface area contributed by atoms with Crippen LogP contribution in [0.3, 0.4) is 0 Å². The Labute approximate surface area is 107 Å². The summed E-state index contributed by atoms with van der Waals surface area (Å²) in [4.78, 5) is 12.7. The quantitative estimate of drug-likeness (QED) is 0.809. The van der Waals surface area contributed by atoms with Crippen molar-refractivity contribution in [3.63, 3.8) is 0 Å². The molecular formula is C12H21N5O. The van der Waals surface area contributed by atoms with Crippen molar-refractivity contribution < 1.29 is 4.79 Å². The minimum atomic E-state index is -0.305. The highest BCUT2D eigenvalue weighted by Crippen LogP contribution is 2.09. The molecule has 1 aromatic rings. The summed E-state index contributed by atoms with van der Waals surface area (Å²) < 4.78 is 1.95. The van der Waals surface area contributed by atoms with E-state index in [4.69, 9.17) is 5.73 Å². The first kappa shape index (κ1) is 12.9. The zero-order valence-electron chi connectivity index (χ0n) is 10.8. The Morgan fingerprint density at radius 3 is 2.83 bits per heavy atom. The van der Waals surface area contributed by atoms with Crippen molar-refractivity contribution in [2.45, 2.75) is 32.4 Å². The molecule has 0 aliphatic carbocycles. The number of rotatable bonds is 4. The second-order valence-electron chi connectivity index (χ2n) is 4.83. The van der Waals surface area contributed by atoms with Gasteiger partial charge in [0.15, 0.2) is 0 Å². The zero-order chi connectivity index (χ0) is 13.0. The number of primary amides is 1. The van der Waals surface area contributed by atoms with Crippen molar-refractivity contribution in [2.24, 2.45) is 5.73 Å². The van der Waals surface area contributed by atoms with Gasteiger partial charge in [-0.1, -0.05) is 0 Å². The molecule has 1 saturated heterocycles. The molecule has 0 spiro atoms. The van der Waals surface area contributed by atoms with Crippen molar-refractivity contribution >= 4 is 6.03 Å². The molecule has 1 aromatic heterocycles. The van der Waals surface area contributed by atoms with Gasteiger partial charge in [-0.25, -0.2) is 4.79 Å². The van der Waals surface area contributed by atoms with Gasteiger partial charge in [0.05, 0.1) is 12.7 Å². The summed E-state index contributed by atoms with van der Waals surface area (Å²) in [6.45, 7) is 5.34. The number of urea groups is 1. The van der Waals surface area contributed by atoms with Crippen LogP contribution in [0.5, 0.6) is 0 Å². The third kappa shape index (κ3) is 3.46. The highest BCUT2D eigenvalue weighted by atomic mass is 16.2. The molecule has 0 aromatic carbocycles. The molecule has 2 rings (SSSR count). The fraction of sp³-hybridized carbons (Fsp3) is 0.667. The van der Waals surface area contributed by atoms with Gasteiger partial charge in [0.1, 0.15) is 0 Å². The zero-order valence-corrected chi connectivity index (χ0v) is 10.8. The van der Waals surface area contributed by atoms with E-state index in [1.54, 1.807) is 4.90 Å². The fourth-order valence-corrected chi connectivity index (χ4v) is 2.28. The average molecular weight is 251 g/mol. The molecule has 100 valence electrons. The number of carbonyl (C=O) groups is 1. The molecular weight excluding hydrogens is 230 g/mol. The fourth-order valence-electron chi connectivity index (χ4n) is 2.28. The van der Waals surface area contributed by atoms with E-state index < -0.39 is 0 Å². The van der Waals surface area contributed by atoms with E-state index in [1.807, 2.05) is 24.0 Å². The van der Waals surface area contributed by atoms with Crippen molar-refractivity contribution in [1.29, 1.82) is 0 Å². The van der Waals surface area contributed by atoms with Gasteiger partial charge in [-0.15, -0.1) is 0 Å². The van der Waals surface area contributed by atoms with Gasteiger partial charge in [0.25, 0.3) is 0 Å². The van der Waals surface area contributed by atoms with Crippen molar-refractivity contribution in [2.75, 3.05) is 19.6 Å². The van der Waals surface area contributed by atoms with Gasteiger partial charge in [0, 0.05) is 31.9 Å². The number of hydrogen-bond donors (Lipinski definition) is 2. The SMILES string of the molecule is Cc1cnn(CCNC2CCN(C(N)=O)CC2)c1. The Hall–Kier alpha value is -1.56. The summed E-state index contributed by atoms with van der Waals surface area (Å²) in [6, 6.07) is 0.178. The van der Waals surface area contributed by atoms with Crippen LogP contribution in [0.15, 0.2) is 12.4 Å². The number of carbonyl (C=O) groups excluding carboxylic acids is 1. The lowest BCUT2D eigenvalue weighted by Gasteiger charge is -2.31. The predicted octanol–water partition coefficient (Wildman–Crippen LogP) is 0.324. The van der Waals surface area contributed by atoms with Gasteiger partial charge in [-0.05, 0) is 25.3 Å². The van der Waals surface area contributed by atoms with Crippen LogP contribution in [0.25, 0.3) is 0 Å². The number of likely N-dealkylation sites (tertiary alicyclic amines) is 1. The first-order valence-corrected chi connectivity index (χ1v) is 6.42. The Balaban J connectivity index is 1.65. The summed E-state index contributed by atoms with van der Waals surface area (Å²) in [7, 11) is 0. The van der Waals surface area contributed by atoms with E-state index in [1.165, 1.54) is 5.56 Å². The van der Waals surface area contributed by atoms with Crippen LogP contribution < -0.4 is 11.1 Å². The number of nitrogens with one attached hydrogen (secondary N) is 1. The Bertz CT molecular complexity index is 395. The van der Waals surface area contributed by atoms with Crippen LogP contribution in [-0.4, -0.2) is 46.4 Å². The standard InChI is InChI=1S/C12H21N5O/c1-10-8-15-17(9-10)7-4-14-11-2-5-16(6-3-11)12(13)18/h8-9,11,14H,2-7H2,1H3,(H2,13,18). The third-order valence-electron chi connectivity index (χ3n) is 3.34. The maximum Gasteiger partial charge on any atom is 0.314 e. The molecule has 18 heavy (non-hydrogen) atoms. The predicted molar refractivity (Wildman–Crippen MR) is 69.1 cm³/mol. The summed E-state index contributed by atoms with van der Waals surface area (Å²) in [5, 5.41) is 7.74. The smallest absolute Gasteiger partial charge is 0.314 e. The van der Waals surface area contributed by atoms with E-state index in [9.17, 15) is 4.79 Å². The number of aryl methyl sites for hydroxylation is 1. The monoisotopic (exact) mass is 251 g/mol. The van der Waals surface area contributed by atoms with E-state index >= 15 is 0 Å². The van der Waals surface area contributed by atoms with Crippen LogP contribution in [0.1, 0.15) is 18.4 Å². The minimum absolute atomic E-state index is 0.305. The average Bonchev–Trinajstić information content (AvgIpc) is 2.76. The third-order valence-corrected chi connectivity index (χ3v) is 3.34. The molecule has 0 saturated carbocycles. The van der Waals surface area contributed by atoms with Crippen LogP contribution in [-0.2, 0) is 6.54 Å². The van der Waals surface area contributed by atoms with Crippen molar-refractivity contribution in [3.05, 3.63) is 18.0 Å². The summed E-state index contributed by atoms with van der Waals surface area (Å²) in [6.07, 6.45) is 5.85. The molecule has 2 heterocycles. The number of aromatic nitrogens is 2. The number of amides is 2. The van der Waals surface area contributed by atoms with Crippen LogP contribution in [0.4, 0.5) is 4.79 Å². The van der Waals surface area contributed by atoms with E-state index in [0.717, 1.165) is 39.0 Å². The van der Waals surface area contributed by atoms with E-state index in [-0.39, 0.29) is 6.03 Å². The molecule has 6 heteroatoms. The molecule has 0 atom stereocenters. The van der Waals surface area contributed by atoms with Gasteiger partial charge >= 0.3 is 6.03 Å². The molecule has 6 nitrogen and oxygen atoms in total. The Morgan fingerprint density at radius 2 is 2.28 bits per heavy atom. The maximum atomic E-state index is 11.0. The summed E-state index contributed by atoms with van der Waals surface area (Å²) >= 11 is 0. The Kier molecular flexibility index (Phi) is 4.19. The second-order valence-corrected chi connectivity index (χ2v) is 4.83. The lowest BCUT2D eigenvalue weighted by molar-refractivity contribution is 0.185. The first-order chi connectivity index (χ1) is 8.65. The first-order valence-electron chi connectivity index (χ1n) is 6.42. The largest absolute Gasteiger partial charge is 0.351 e. The summed E-state index contributed by atoms with van der Waals surface area (Å²) in [5.74, 6) is 0. The van der Waals surface area contributed by atoms with Gasteiger partial charge in [-0.2, -0.15) is 5.10 Å². The Morgan fingerprint density at radius 1 is 1.56 bits per heavy atom. The van der Waals surface area contributed by atoms with Crippen LogP contribution in [0, 0.1) is 6.92 Å². The van der Waals surface area contributed by atoms with Gasteiger partial charge in [-0.3, -0.25) is 4.68 Å². The molecule has 1 aliphatic rings. The second kappa shape index (κ2) is 5.86. The molecule has 3 N–H and O–H groups in total. The molecule has 0 bridgehead atoms. The van der Waals surface area contributed by atoms with Gasteiger partial charge in [0.2, 0.25) is 0 Å². The van der Waals surface area contributed by atoms with E-state index in [2.05, 4.69) is 10.4 Å². The number of hydrogen-bond acceptors (Lipinski definition) is 3. The highest BCUT2D eigenvalue weighted by Gasteiger charge is 2.20. The lowest BCUT2D eigenvalue weighted by atomic mass is 10.1. The number of nitrogens with two attached hydrogens (primary N) is 1. The van der Waals surface area contributed by atoms with Crippen LogP contribution in [0.2, 0.25) is 0 Å². The number of nitrogens with zero attached hydrogens (tertiary/aromatic N) is 3. The highest BCUT2D eigenvalue weighted by molar-refractivity contribution is 5.72. The van der Waals surface area contributed by atoms with Gasteiger partial charge < -0.3 is 16.0 Å². The molecule has 2 amide bonds. The molecule has 1 aliphatic heterocycles. The number of piperidine rings is 1.